The lowest BCUT2D eigenvalue weighted by molar-refractivity contribution is 0.101. The van der Waals surface area contributed by atoms with Crippen molar-refractivity contribution in [3.8, 4) is 0 Å². The van der Waals surface area contributed by atoms with E-state index in [0.29, 0.717) is 5.92 Å². The maximum atomic E-state index is 11.0. The van der Waals surface area contributed by atoms with Crippen molar-refractivity contribution < 1.29 is 4.79 Å². The number of Topliss-reactive ketones (excluding diaryl/α,β-unsaturated/α-hetero) is 1. The monoisotopic (exact) mass is 318 g/mol. The molecule has 0 saturated carbocycles. The Morgan fingerprint density at radius 1 is 1.20 bits per heavy atom. The van der Waals surface area contributed by atoms with Gasteiger partial charge in [-0.25, -0.2) is 0 Å². The molecule has 0 N–H and O–H groups in total. The first-order chi connectivity index (χ1) is 7.09. The molecule has 1 rings (SSSR count). The molecule has 0 aliphatic heterocycles. The molecule has 1 aromatic rings. The molecule has 0 bridgehead atoms. The standard InChI is InChI=1S/C12H16O.CH3I/c1-9(2)8-11-4-6-12(7-5-11)10(3)13;1-2/h4-7,9H,8H2,1-3H3;1H3. The van der Waals surface area contributed by atoms with Crippen LogP contribution >= 0.6 is 22.6 Å². The van der Waals surface area contributed by atoms with Crippen molar-refractivity contribution in [1.82, 2.24) is 0 Å². The van der Waals surface area contributed by atoms with Crippen LogP contribution < -0.4 is 0 Å². The minimum Gasteiger partial charge on any atom is -0.295 e. The summed E-state index contributed by atoms with van der Waals surface area (Å²) in [6, 6.07) is 7.88. The van der Waals surface area contributed by atoms with Gasteiger partial charge < -0.3 is 0 Å². The van der Waals surface area contributed by atoms with Gasteiger partial charge in [0.2, 0.25) is 0 Å². The van der Waals surface area contributed by atoms with E-state index in [1.807, 2.05) is 29.2 Å². The fourth-order valence-corrected chi connectivity index (χ4v) is 1.35. The van der Waals surface area contributed by atoms with Gasteiger partial charge >= 0.3 is 0 Å². The third-order valence-corrected chi connectivity index (χ3v) is 2.00. The van der Waals surface area contributed by atoms with Gasteiger partial charge in [-0.1, -0.05) is 60.7 Å². The summed E-state index contributed by atoms with van der Waals surface area (Å²) in [5, 5.41) is 0. The molecule has 0 fully saturated rings. The van der Waals surface area contributed by atoms with Crippen LogP contribution in [0.1, 0.15) is 36.7 Å². The van der Waals surface area contributed by atoms with Crippen LogP contribution in [0.5, 0.6) is 0 Å². The van der Waals surface area contributed by atoms with Crippen LogP contribution in [-0.4, -0.2) is 10.7 Å². The predicted octanol–water partition coefficient (Wildman–Crippen LogP) is 4.14. The summed E-state index contributed by atoms with van der Waals surface area (Å²) in [7, 11) is 0. The molecule has 0 aliphatic carbocycles. The Bertz CT molecular complexity index is 288. The molecule has 0 radical (unpaired) electrons. The Morgan fingerprint density at radius 3 is 2.00 bits per heavy atom. The average molecular weight is 318 g/mol. The van der Waals surface area contributed by atoms with Crippen molar-refractivity contribution in [2.75, 3.05) is 4.93 Å². The normalized spacial score (nSPS) is 9.47. The summed E-state index contributed by atoms with van der Waals surface area (Å²) in [5.74, 6) is 0.805. The third kappa shape index (κ3) is 5.92. The number of benzene rings is 1. The summed E-state index contributed by atoms with van der Waals surface area (Å²) in [6.07, 6.45) is 1.08. The topological polar surface area (TPSA) is 17.1 Å². The Balaban J connectivity index is 0.000000921. The van der Waals surface area contributed by atoms with Gasteiger partial charge in [0.25, 0.3) is 0 Å². The van der Waals surface area contributed by atoms with E-state index >= 15 is 0 Å². The molecule has 1 nitrogen and oxygen atoms in total. The lowest BCUT2D eigenvalue weighted by Crippen LogP contribution is -1.96. The van der Waals surface area contributed by atoms with Gasteiger partial charge in [0.05, 0.1) is 0 Å². The number of alkyl halides is 1. The molecule has 84 valence electrons. The molecule has 0 aromatic heterocycles. The van der Waals surface area contributed by atoms with E-state index in [9.17, 15) is 4.79 Å². The van der Waals surface area contributed by atoms with Crippen LogP contribution in [0.25, 0.3) is 0 Å². The average Bonchev–Trinajstić information content (AvgIpc) is 2.20. The molecule has 1 aromatic carbocycles. The van der Waals surface area contributed by atoms with E-state index in [1.54, 1.807) is 6.92 Å². The van der Waals surface area contributed by atoms with Crippen LogP contribution in [0.2, 0.25) is 0 Å². The molecular weight excluding hydrogens is 299 g/mol. The van der Waals surface area contributed by atoms with Gasteiger partial charge in [-0.2, -0.15) is 0 Å². The molecule has 0 spiro atoms. The van der Waals surface area contributed by atoms with Crippen LogP contribution in [0.15, 0.2) is 24.3 Å². The predicted molar refractivity (Wildman–Crippen MR) is 74.9 cm³/mol. The number of rotatable bonds is 3. The molecule has 0 unspecified atom stereocenters. The summed E-state index contributed by atoms with van der Waals surface area (Å²) in [5.41, 5.74) is 2.10. The van der Waals surface area contributed by atoms with Gasteiger partial charge in [-0.3, -0.25) is 4.79 Å². The second kappa shape index (κ2) is 7.85. The maximum Gasteiger partial charge on any atom is 0.159 e. The van der Waals surface area contributed by atoms with Crippen molar-refractivity contribution in [3.05, 3.63) is 35.4 Å². The number of ketones is 1. The number of hydrogen-bond acceptors (Lipinski definition) is 1. The number of carbonyl (C=O) groups excluding carboxylic acids is 1. The Hall–Kier alpha value is -0.380. The second-order valence-corrected chi connectivity index (χ2v) is 3.85. The number of carbonyl (C=O) groups is 1. The zero-order valence-corrected chi connectivity index (χ0v) is 12.0. The zero-order chi connectivity index (χ0) is 11.8. The van der Waals surface area contributed by atoms with Crippen LogP contribution in [0.3, 0.4) is 0 Å². The maximum absolute atomic E-state index is 11.0. The molecular formula is C13H19IO. The van der Waals surface area contributed by atoms with Crippen molar-refractivity contribution in [2.45, 2.75) is 27.2 Å². The van der Waals surface area contributed by atoms with Crippen LogP contribution in [0.4, 0.5) is 0 Å². The van der Waals surface area contributed by atoms with Crippen LogP contribution in [-0.2, 0) is 6.42 Å². The van der Waals surface area contributed by atoms with Crippen molar-refractivity contribution in [3.63, 3.8) is 0 Å². The van der Waals surface area contributed by atoms with Crippen LogP contribution in [0, 0.1) is 5.92 Å². The van der Waals surface area contributed by atoms with E-state index in [4.69, 9.17) is 0 Å². The fourth-order valence-electron chi connectivity index (χ4n) is 1.35. The third-order valence-electron chi connectivity index (χ3n) is 2.00. The molecule has 0 saturated heterocycles. The van der Waals surface area contributed by atoms with Crippen molar-refractivity contribution in [1.29, 1.82) is 0 Å². The fraction of sp³-hybridized carbons (Fsp3) is 0.462. The highest BCUT2D eigenvalue weighted by molar-refractivity contribution is 14.1. The minimum absolute atomic E-state index is 0.135. The Labute approximate surface area is 106 Å². The van der Waals surface area contributed by atoms with E-state index < -0.39 is 0 Å². The van der Waals surface area contributed by atoms with E-state index in [2.05, 4.69) is 36.4 Å². The quantitative estimate of drug-likeness (QED) is 0.465. The highest BCUT2D eigenvalue weighted by Gasteiger charge is 2.00. The number of halogens is 1. The first kappa shape index (κ1) is 14.6. The summed E-state index contributed by atoms with van der Waals surface area (Å²) < 4.78 is 0. The molecule has 0 atom stereocenters. The van der Waals surface area contributed by atoms with Gasteiger partial charge in [0, 0.05) is 5.56 Å². The Kier molecular flexibility index (Phi) is 7.65. The van der Waals surface area contributed by atoms with Gasteiger partial charge in [0.1, 0.15) is 0 Å². The van der Waals surface area contributed by atoms with Crippen molar-refractivity contribution >= 4 is 28.4 Å². The van der Waals surface area contributed by atoms with E-state index in [-0.39, 0.29) is 5.78 Å². The molecule has 0 amide bonds. The smallest absolute Gasteiger partial charge is 0.159 e. The summed E-state index contributed by atoms with van der Waals surface area (Å²) >= 11 is 2.15. The lowest BCUT2D eigenvalue weighted by atomic mass is 10.0. The first-order valence-corrected chi connectivity index (χ1v) is 7.23. The lowest BCUT2D eigenvalue weighted by Gasteiger charge is -2.04. The first-order valence-electron chi connectivity index (χ1n) is 5.07. The molecule has 0 heterocycles. The summed E-state index contributed by atoms with van der Waals surface area (Å²) in [4.78, 5) is 12.9. The highest BCUT2D eigenvalue weighted by atomic mass is 127. The second-order valence-electron chi connectivity index (χ2n) is 3.85. The zero-order valence-electron chi connectivity index (χ0n) is 9.88. The molecule has 2 heteroatoms. The van der Waals surface area contributed by atoms with E-state index in [1.165, 1.54) is 5.56 Å². The SMILES string of the molecule is CC(=O)c1ccc(CC(C)C)cc1.CI. The van der Waals surface area contributed by atoms with E-state index in [0.717, 1.165) is 12.0 Å². The Morgan fingerprint density at radius 2 is 1.67 bits per heavy atom. The highest BCUT2D eigenvalue weighted by Crippen LogP contribution is 2.09. The van der Waals surface area contributed by atoms with Gasteiger partial charge in [-0.05, 0) is 29.8 Å². The summed E-state index contributed by atoms with van der Waals surface area (Å²) in [6.45, 7) is 5.98. The van der Waals surface area contributed by atoms with Gasteiger partial charge in [0.15, 0.2) is 5.78 Å². The van der Waals surface area contributed by atoms with Gasteiger partial charge in [-0.15, -0.1) is 0 Å². The largest absolute Gasteiger partial charge is 0.295 e. The molecule has 15 heavy (non-hydrogen) atoms. The van der Waals surface area contributed by atoms with Crippen molar-refractivity contribution in [2.24, 2.45) is 5.92 Å². The minimum atomic E-state index is 0.135. The number of hydrogen-bond donors (Lipinski definition) is 0. The molecule has 0 aliphatic rings.